The van der Waals surface area contributed by atoms with E-state index in [1.165, 1.54) is 11.1 Å². The molecule has 6 nitrogen and oxygen atoms in total. The molecule has 9 heteroatoms. The van der Waals surface area contributed by atoms with Crippen LogP contribution in [0.25, 0.3) is 0 Å². The summed E-state index contributed by atoms with van der Waals surface area (Å²) in [5.74, 6) is -1.38. The monoisotopic (exact) mass is 421 g/mol. The lowest BCUT2D eigenvalue weighted by Crippen LogP contribution is -2.32. The van der Waals surface area contributed by atoms with E-state index in [9.17, 15) is 9.59 Å². The summed E-state index contributed by atoms with van der Waals surface area (Å²) in [5, 5.41) is 17.6. The van der Waals surface area contributed by atoms with Crippen LogP contribution in [0.4, 0.5) is 5.69 Å². The van der Waals surface area contributed by atoms with Crippen LogP contribution in [0.1, 0.15) is 12.0 Å². The van der Waals surface area contributed by atoms with Gasteiger partial charge in [-0.05, 0) is 29.8 Å². The van der Waals surface area contributed by atoms with Gasteiger partial charge in [0.2, 0.25) is 5.91 Å². The summed E-state index contributed by atoms with van der Waals surface area (Å²) < 4.78 is 0. The zero-order chi connectivity index (χ0) is 19.4. The van der Waals surface area contributed by atoms with E-state index >= 15 is 0 Å². The van der Waals surface area contributed by atoms with Gasteiger partial charge in [0.25, 0.3) is 0 Å². The highest BCUT2D eigenvalue weighted by Gasteiger charge is 2.40. The van der Waals surface area contributed by atoms with Crippen molar-refractivity contribution in [1.82, 2.24) is 0 Å². The zero-order valence-electron chi connectivity index (χ0n) is 13.8. The summed E-state index contributed by atoms with van der Waals surface area (Å²) in [5.41, 5.74) is 1.29. The number of hydrogen-bond acceptors (Lipinski definition) is 5. The molecular weight excluding hydrogens is 409 g/mol. The normalized spacial score (nSPS) is 18.6. The third-order valence-corrected chi connectivity index (χ3v) is 5.47. The van der Waals surface area contributed by atoms with Gasteiger partial charge in [-0.25, -0.2) is 0 Å². The lowest BCUT2D eigenvalue weighted by molar-refractivity contribution is -0.138. The van der Waals surface area contributed by atoms with Gasteiger partial charge in [-0.1, -0.05) is 59.2 Å². The van der Waals surface area contributed by atoms with Gasteiger partial charge in [-0.3, -0.25) is 14.5 Å². The molecule has 2 aromatic rings. The largest absolute Gasteiger partial charge is 0.481 e. The zero-order valence-corrected chi connectivity index (χ0v) is 16.1. The first kappa shape index (κ1) is 19.4. The van der Waals surface area contributed by atoms with Crippen molar-refractivity contribution in [2.24, 2.45) is 10.2 Å². The van der Waals surface area contributed by atoms with Crippen LogP contribution in [-0.2, 0) is 9.59 Å². The summed E-state index contributed by atoms with van der Waals surface area (Å²) in [6, 6.07) is 13.9. The minimum Gasteiger partial charge on any atom is -0.481 e. The fourth-order valence-electron chi connectivity index (χ4n) is 2.38. The number of amidine groups is 1. The number of thioether (sulfide) groups is 1. The van der Waals surface area contributed by atoms with Crippen molar-refractivity contribution < 1.29 is 14.7 Å². The Balaban J connectivity index is 1.88. The first-order valence-corrected chi connectivity index (χ1v) is 9.43. The Kier molecular flexibility index (Phi) is 6.15. The Morgan fingerprint density at radius 3 is 2.59 bits per heavy atom. The molecule has 1 amide bonds. The molecule has 0 radical (unpaired) electrons. The number of para-hydroxylation sites is 1. The summed E-state index contributed by atoms with van der Waals surface area (Å²) in [6.45, 7) is 0. The predicted octanol–water partition coefficient (Wildman–Crippen LogP) is 4.31. The summed E-state index contributed by atoms with van der Waals surface area (Å²) >= 11 is 12.9. The van der Waals surface area contributed by atoms with Crippen LogP contribution in [0.15, 0.2) is 58.7 Å². The second kappa shape index (κ2) is 8.56. The van der Waals surface area contributed by atoms with Crippen LogP contribution in [0.2, 0.25) is 10.0 Å². The molecule has 1 heterocycles. The molecule has 1 unspecified atom stereocenters. The number of anilines is 1. The van der Waals surface area contributed by atoms with Gasteiger partial charge in [0.1, 0.15) is 5.25 Å². The molecule has 0 aliphatic carbocycles. The van der Waals surface area contributed by atoms with E-state index in [-0.39, 0.29) is 12.3 Å². The van der Waals surface area contributed by atoms with E-state index < -0.39 is 11.2 Å². The second-order valence-electron chi connectivity index (χ2n) is 5.51. The fourth-order valence-corrected chi connectivity index (χ4v) is 3.77. The minimum absolute atomic E-state index is 0.289. The molecule has 0 spiro atoms. The molecule has 1 saturated heterocycles. The molecule has 1 aliphatic rings. The number of halogens is 2. The van der Waals surface area contributed by atoms with Crippen LogP contribution >= 0.6 is 35.0 Å². The summed E-state index contributed by atoms with van der Waals surface area (Å²) in [4.78, 5) is 25.1. The maximum atomic E-state index is 12.6. The second-order valence-corrected chi connectivity index (χ2v) is 7.50. The number of carbonyl (C=O) groups is 2. The van der Waals surface area contributed by atoms with E-state index in [4.69, 9.17) is 28.3 Å². The molecule has 138 valence electrons. The van der Waals surface area contributed by atoms with E-state index in [0.717, 1.165) is 11.8 Å². The topological polar surface area (TPSA) is 82.3 Å². The van der Waals surface area contributed by atoms with Crippen molar-refractivity contribution in [2.75, 3.05) is 4.90 Å². The predicted molar refractivity (Wildman–Crippen MR) is 109 cm³/mol. The Morgan fingerprint density at radius 2 is 1.93 bits per heavy atom. The molecular formula is C18H13Cl2N3O3S. The average molecular weight is 422 g/mol. The SMILES string of the molecule is O=C(O)CC1S/C(=N\N=C\c2ccc(Cl)c(Cl)c2)N(c2ccccc2)C1=O. The van der Waals surface area contributed by atoms with Crippen LogP contribution in [0, 0.1) is 0 Å². The molecule has 1 aliphatic heterocycles. The maximum Gasteiger partial charge on any atom is 0.305 e. The Labute approximate surface area is 169 Å². The summed E-state index contributed by atoms with van der Waals surface area (Å²) in [6.07, 6.45) is 1.19. The molecule has 0 saturated carbocycles. The van der Waals surface area contributed by atoms with Crippen LogP contribution in [0.5, 0.6) is 0 Å². The minimum atomic E-state index is -1.05. The number of aliphatic carboxylic acids is 1. The molecule has 0 bridgehead atoms. The Bertz CT molecular complexity index is 935. The molecule has 3 rings (SSSR count). The smallest absolute Gasteiger partial charge is 0.305 e. The van der Waals surface area contributed by atoms with E-state index in [2.05, 4.69) is 10.2 Å². The molecule has 0 aromatic heterocycles. The van der Waals surface area contributed by atoms with Crippen molar-refractivity contribution in [3.05, 3.63) is 64.1 Å². The average Bonchev–Trinajstić information content (AvgIpc) is 2.94. The fraction of sp³-hybridized carbons (Fsp3) is 0.111. The Morgan fingerprint density at radius 1 is 1.19 bits per heavy atom. The number of carboxylic acid groups (broad SMARTS) is 1. The molecule has 1 fully saturated rings. The van der Waals surface area contributed by atoms with Gasteiger partial charge in [-0.15, -0.1) is 5.10 Å². The highest BCUT2D eigenvalue weighted by molar-refractivity contribution is 8.16. The lowest BCUT2D eigenvalue weighted by Gasteiger charge is -2.15. The standard InChI is InChI=1S/C18H13Cl2N3O3S/c19-13-7-6-11(8-14(13)20)10-21-22-18-23(12-4-2-1-3-5-12)17(26)15(27-18)9-16(24)25/h1-8,10,15H,9H2,(H,24,25)/b21-10+,22-18-. The number of rotatable bonds is 5. The number of benzene rings is 2. The van der Waals surface area contributed by atoms with Crippen molar-refractivity contribution in [3.63, 3.8) is 0 Å². The van der Waals surface area contributed by atoms with Gasteiger partial charge in [0, 0.05) is 0 Å². The van der Waals surface area contributed by atoms with Crippen LogP contribution in [0.3, 0.4) is 0 Å². The van der Waals surface area contributed by atoms with Crippen molar-refractivity contribution in [3.8, 4) is 0 Å². The number of carbonyl (C=O) groups excluding carboxylic acids is 1. The van der Waals surface area contributed by atoms with E-state index in [0.29, 0.717) is 26.5 Å². The van der Waals surface area contributed by atoms with Crippen molar-refractivity contribution in [1.29, 1.82) is 0 Å². The lowest BCUT2D eigenvalue weighted by atomic mass is 10.2. The third-order valence-electron chi connectivity index (χ3n) is 3.60. The van der Waals surface area contributed by atoms with Gasteiger partial charge < -0.3 is 5.11 Å². The van der Waals surface area contributed by atoms with Gasteiger partial charge >= 0.3 is 5.97 Å². The van der Waals surface area contributed by atoms with Gasteiger partial charge in [-0.2, -0.15) is 5.10 Å². The quantitative estimate of drug-likeness (QED) is 0.575. The highest BCUT2D eigenvalue weighted by atomic mass is 35.5. The maximum absolute atomic E-state index is 12.6. The molecule has 1 atom stereocenters. The Hall–Kier alpha value is -2.35. The summed E-state index contributed by atoms with van der Waals surface area (Å²) in [7, 11) is 0. The van der Waals surface area contributed by atoms with Gasteiger partial charge in [0.05, 0.1) is 28.4 Å². The van der Waals surface area contributed by atoms with Crippen molar-refractivity contribution >= 4 is 63.9 Å². The molecule has 2 aromatic carbocycles. The number of carboxylic acids is 1. The molecule has 1 N–H and O–H groups in total. The number of nitrogens with zero attached hydrogens (tertiary/aromatic N) is 3. The van der Waals surface area contributed by atoms with Crippen LogP contribution in [-0.4, -0.2) is 33.6 Å². The van der Waals surface area contributed by atoms with E-state index in [1.54, 1.807) is 42.5 Å². The first-order chi connectivity index (χ1) is 13.0. The number of hydrogen-bond donors (Lipinski definition) is 1. The van der Waals surface area contributed by atoms with Crippen LogP contribution < -0.4 is 4.90 Å². The highest BCUT2D eigenvalue weighted by Crippen LogP contribution is 2.33. The molecule has 27 heavy (non-hydrogen) atoms. The van der Waals surface area contributed by atoms with Crippen molar-refractivity contribution in [2.45, 2.75) is 11.7 Å². The van der Waals surface area contributed by atoms with E-state index in [1.807, 2.05) is 6.07 Å². The number of amides is 1. The first-order valence-electron chi connectivity index (χ1n) is 7.79. The van der Waals surface area contributed by atoms with Gasteiger partial charge in [0.15, 0.2) is 5.17 Å². The third kappa shape index (κ3) is 4.68.